The summed E-state index contributed by atoms with van der Waals surface area (Å²) in [5.41, 5.74) is 2.55. The van der Waals surface area contributed by atoms with E-state index >= 15 is 0 Å². The van der Waals surface area contributed by atoms with Crippen molar-refractivity contribution in [3.8, 4) is 5.75 Å². The van der Waals surface area contributed by atoms with Crippen molar-refractivity contribution in [1.29, 1.82) is 0 Å². The van der Waals surface area contributed by atoms with Gasteiger partial charge in [-0.25, -0.2) is 13.4 Å². The number of anilines is 1. The number of hydrogen-bond acceptors (Lipinski definition) is 7. The van der Waals surface area contributed by atoms with Crippen LogP contribution in [0.5, 0.6) is 5.75 Å². The van der Waals surface area contributed by atoms with E-state index in [-0.39, 0.29) is 10.8 Å². The first kappa shape index (κ1) is 28.3. The lowest BCUT2D eigenvalue weighted by atomic mass is 10.2. The molecule has 0 radical (unpaired) electrons. The van der Waals surface area contributed by atoms with Gasteiger partial charge in [-0.05, 0) is 55.7 Å². The number of nitrogens with zero attached hydrogens (tertiary/aromatic N) is 4. The molecule has 0 atom stereocenters. The number of benzene rings is 2. The number of amides is 1. The zero-order valence-corrected chi connectivity index (χ0v) is 24.4. The van der Waals surface area contributed by atoms with Gasteiger partial charge in [0.15, 0.2) is 5.13 Å². The maximum absolute atomic E-state index is 13.2. The molecule has 2 heterocycles. The van der Waals surface area contributed by atoms with E-state index < -0.39 is 10.0 Å². The third-order valence-electron chi connectivity index (χ3n) is 7.01. The number of carbonyl (C=O) groups excluding carboxylic acids is 1. The summed E-state index contributed by atoms with van der Waals surface area (Å²) >= 11 is 1.65. The Hall–Kier alpha value is -2.69. The number of rotatable bonds is 11. The van der Waals surface area contributed by atoms with E-state index in [4.69, 9.17) is 9.72 Å². The SMILES string of the molecule is CCCCN(CCCC)S(=O)(=O)c1ccc(C(=O)N2CCN(c3nc4c(OC)ccc(C)c4s3)CC2)cc1. The molecule has 4 rings (SSSR count). The number of piperazine rings is 1. The Morgan fingerprint density at radius 1 is 1.00 bits per heavy atom. The minimum absolute atomic E-state index is 0.0794. The monoisotopic (exact) mass is 558 g/mol. The zero-order valence-electron chi connectivity index (χ0n) is 22.8. The van der Waals surface area contributed by atoms with Crippen molar-refractivity contribution in [2.75, 3.05) is 51.3 Å². The highest BCUT2D eigenvalue weighted by atomic mass is 32.2. The number of ether oxygens (including phenoxy) is 1. The van der Waals surface area contributed by atoms with Crippen LogP contribution in [0.3, 0.4) is 0 Å². The van der Waals surface area contributed by atoms with Gasteiger partial charge in [-0.15, -0.1) is 0 Å². The molecule has 0 aliphatic carbocycles. The van der Waals surface area contributed by atoms with Crippen LogP contribution in [0.25, 0.3) is 10.2 Å². The number of aromatic nitrogens is 1. The first-order valence-electron chi connectivity index (χ1n) is 13.4. The van der Waals surface area contributed by atoms with Crippen LogP contribution in [-0.2, 0) is 10.0 Å². The Morgan fingerprint density at radius 3 is 2.21 bits per heavy atom. The topological polar surface area (TPSA) is 83.1 Å². The van der Waals surface area contributed by atoms with Gasteiger partial charge in [-0.1, -0.05) is 44.1 Å². The lowest BCUT2D eigenvalue weighted by molar-refractivity contribution is 0.0746. The highest BCUT2D eigenvalue weighted by Gasteiger charge is 2.27. The molecule has 0 unspecified atom stereocenters. The van der Waals surface area contributed by atoms with Gasteiger partial charge < -0.3 is 14.5 Å². The van der Waals surface area contributed by atoms with Crippen LogP contribution >= 0.6 is 11.3 Å². The first-order valence-corrected chi connectivity index (χ1v) is 15.6. The van der Waals surface area contributed by atoms with E-state index in [0.29, 0.717) is 44.8 Å². The molecule has 1 saturated heterocycles. The van der Waals surface area contributed by atoms with Gasteiger partial charge in [0.1, 0.15) is 11.3 Å². The largest absolute Gasteiger partial charge is 0.494 e. The molecule has 0 bridgehead atoms. The normalized spacial score (nSPS) is 14.4. The predicted molar refractivity (Wildman–Crippen MR) is 154 cm³/mol. The molecule has 206 valence electrons. The molecule has 10 heteroatoms. The molecule has 0 saturated carbocycles. The number of sulfonamides is 1. The maximum Gasteiger partial charge on any atom is 0.253 e. The molecular formula is C28H38N4O4S2. The van der Waals surface area contributed by atoms with Crippen molar-refractivity contribution in [2.24, 2.45) is 0 Å². The number of unbranched alkanes of at least 4 members (excludes halogenated alkanes) is 2. The summed E-state index contributed by atoms with van der Waals surface area (Å²) in [5, 5.41) is 0.935. The smallest absolute Gasteiger partial charge is 0.253 e. The van der Waals surface area contributed by atoms with Crippen LogP contribution in [-0.4, -0.2) is 74.9 Å². The van der Waals surface area contributed by atoms with E-state index in [1.54, 1.807) is 47.0 Å². The highest BCUT2D eigenvalue weighted by Crippen LogP contribution is 2.36. The van der Waals surface area contributed by atoms with Crippen LogP contribution in [0.2, 0.25) is 0 Å². The molecule has 2 aromatic carbocycles. The molecular weight excluding hydrogens is 520 g/mol. The number of methoxy groups -OCH3 is 1. The molecule has 38 heavy (non-hydrogen) atoms. The van der Waals surface area contributed by atoms with E-state index in [1.807, 2.05) is 17.0 Å². The van der Waals surface area contributed by atoms with Crippen LogP contribution in [0.4, 0.5) is 5.13 Å². The van der Waals surface area contributed by atoms with Crippen LogP contribution in [0, 0.1) is 6.92 Å². The highest BCUT2D eigenvalue weighted by molar-refractivity contribution is 7.89. The average molecular weight is 559 g/mol. The standard InChI is InChI=1S/C28H38N4O4S2/c1-5-7-15-32(16-8-6-2)38(34,35)23-12-10-22(11-13-23)27(33)30-17-19-31(20-18-30)28-29-25-24(36-4)14-9-21(3)26(25)37-28/h9-14H,5-8,15-20H2,1-4H3. The Kier molecular flexibility index (Phi) is 9.27. The van der Waals surface area contributed by atoms with E-state index in [1.165, 1.54) is 5.56 Å². The Balaban J connectivity index is 1.41. The van der Waals surface area contributed by atoms with Gasteiger partial charge in [-0.3, -0.25) is 4.79 Å². The predicted octanol–water partition coefficient (Wildman–Crippen LogP) is 5.17. The minimum atomic E-state index is -3.58. The molecule has 1 fully saturated rings. The fourth-order valence-corrected chi connectivity index (χ4v) is 7.24. The Morgan fingerprint density at radius 2 is 1.63 bits per heavy atom. The van der Waals surface area contributed by atoms with E-state index in [9.17, 15) is 13.2 Å². The molecule has 1 aliphatic heterocycles. The second-order valence-electron chi connectivity index (χ2n) is 9.67. The number of thiazole rings is 1. The van der Waals surface area contributed by atoms with E-state index in [0.717, 1.165) is 46.8 Å². The molecule has 1 aromatic heterocycles. The van der Waals surface area contributed by atoms with Gasteiger partial charge in [0.2, 0.25) is 10.0 Å². The third-order valence-corrected chi connectivity index (χ3v) is 10.2. The lowest BCUT2D eigenvalue weighted by Gasteiger charge is -2.34. The summed E-state index contributed by atoms with van der Waals surface area (Å²) in [6.45, 7) is 9.75. The van der Waals surface area contributed by atoms with Crippen molar-refractivity contribution in [3.63, 3.8) is 0 Å². The molecule has 0 N–H and O–H groups in total. The van der Waals surface area contributed by atoms with E-state index in [2.05, 4.69) is 25.7 Å². The lowest BCUT2D eigenvalue weighted by Crippen LogP contribution is -2.48. The molecule has 1 amide bonds. The molecule has 1 aliphatic rings. The van der Waals surface area contributed by atoms with Gasteiger partial charge in [0, 0.05) is 44.8 Å². The zero-order chi connectivity index (χ0) is 27.3. The quantitative estimate of drug-likeness (QED) is 0.323. The van der Waals surface area contributed by atoms with Gasteiger partial charge in [-0.2, -0.15) is 4.31 Å². The van der Waals surface area contributed by atoms with Crippen molar-refractivity contribution < 1.29 is 17.9 Å². The van der Waals surface area contributed by atoms with Crippen LogP contribution < -0.4 is 9.64 Å². The van der Waals surface area contributed by atoms with Gasteiger partial charge >= 0.3 is 0 Å². The summed E-state index contributed by atoms with van der Waals surface area (Å²) < 4.78 is 34.7. The number of fused-ring (bicyclic) bond motifs is 1. The average Bonchev–Trinajstić information content (AvgIpc) is 3.39. The third kappa shape index (κ3) is 5.97. The Bertz CT molecular complexity index is 1340. The summed E-state index contributed by atoms with van der Waals surface area (Å²) in [5.74, 6) is 0.690. The number of carbonyl (C=O) groups is 1. The molecule has 3 aromatic rings. The molecule has 8 nitrogen and oxygen atoms in total. The number of hydrogen-bond donors (Lipinski definition) is 0. The molecule has 0 spiro atoms. The van der Waals surface area contributed by atoms with Crippen LogP contribution in [0.1, 0.15) is 55.5 Å². The van der Waals surface area contributed by atoms with Crippen molar-refractivity contribution >= 4 is 42.6 Å². The Labute approximate surface area is 230 Å². The fraction of sp³-hybridized carbons (Fsp3) is 0.500. The summed E-state index contributed by atoms with van der Waals surface area (Å²) in [4.78, 5) is 22.3. The van der Waals surface area contributed by atoms with Crippen molar-refractivity contribution in [1.82, 2.24) is 14.2 Å². The first-order chi connectivity index (χ1) is 18.3. The second-order valence-corrected chi connectivity index (χ2v) is 12.6. The second kappa shape index (κ2) is 12.4. The van der Waals surface area contributed by atoms with Crippen LogP contribution in [0.15, 0.2) is 41.3 Å². The summed E-state index contributed by atoms with van der Waals surface area (Å²) in [6.07, 6.45) is 3.53. The maximum atomic E-state index is 13.2. The van der Waals surface area contributed by atoms with Gasteiger partial charge in [0.05, 0.1) is 16.7 Å². The summed E-state index contributed by atoms with van der Waals surface area (Å²) in [6, 6.07) is 10.4. The summed E-state index contributed by atoms with van der Waals surface area (Å²) in [7, 11) is -1.93. The fourth-order valence-electron chi connectivity index (χ4n) is 4.62. The van der Waals surface area contributed by atoms with Crippen molar-refractivity contribution in [3.05, 3.63) is 47.5 Å². The van der Waals surface area contributed by atoms with Gasteiger partial charge in [0.25, 0.3) is 5.91 Å². The number of aryl methyl sites for hydroxylation is 1. The minimum Gasteiger partial charge on any atom is -0.494 e. The van der Waals surface area contributed by atoms with Crippen molar-refractivity contribution in [2.45, 2.75) is 51.3 Å².